The maximum Gasteiger partial charge on any atom is 0.343 e. The van der Waals surface area contributed by atoms with E-state index in [0.717, 1.165) is 16.5 Å². The molecule has 0 bridgehead atoms. The van der Waals surface area contributed by atoms with Gasteiger partial charge in [-0.3, -0.25) is 19.2 Å². The normalized spacial score (nSPS) is 17.2. The van der Waals surface area contributed by atoms with Crippen LogP contribution in [0.2, 0.25) is 0 Å². The minimum Gasteiger partial charge on any atom is -0.458 e. The van der Waals surface area contributed by atoms with E-state index in [0.29, 0.717) is 34.8 Å². The van der Waals surface area contributed by atoms with Gasteiger partial charge < -0.3 is 39.8 Å². The van der Waals surface area contributed by atoms with Crippen LogP contribution in [-0.4, -0.2) is 71.3 Å². The van der Waals surface area contributed by atoms with Crippen LogP contribution in [0.3, 0.4) is 0 Å². The first kappa shape index (κ1) is 29.7. The number of nitroso groups, excluding NO2 is 1. The van der Waals surface area contributed by atoms with E-state index >= 15 is 0 Å². The lowest BCUT2D eigenvalue weighted by atomic mass is 9.86. The van der Waals surface area contributed by atoms with Crippen molar-refractivity contribution in [1.29, 1.82) is 0 Å². The Hall–Kier alpha value is -5.38. The molecule has 0 unspecified atom stereocenters. The molecule has 0 fully saturated rings. The molecule has 45 heavy (non-hydrogen) atoms. The summed E-state index contributed by atoms with van der Waals surface area (Å²) in [6.07, 6.45) is 0.333. The molecule has 0 aliphatic carbocycles. The summed E-state index contributed by atoms with van der Waals surface area (Å²) in [6.45, 7) is 0.394. The molecule has 4 N–H and O–H groups in total. The molecule has 0 spiro atoms. The highest BCUT2D eigenvalue weighted by Crippen LogP contribution is 2.43. The third kappa shape index (κ3) is 5.22. The van der Waals surface area contributed by atoms with Crippen LogP contribution in [0.5, 0.6) is 11.5 Å². The quantitative estimate of drug-likeness (QED) is 0.130. The number of aromatic nitrogens is 2. The number of nitrogens with one attached hydrogen (secondary N) is 3. The second-order valence-electron chi connectivity index (χ2n) is 10.7. The van der Waals surface area contributed by atoms with Gasteiger partial charge in [0.05, 0.1) is 42.1 Å². The van der Waals surface area contributed by atoms with Crippen molar-refractivity contribution in [2.75, 3.05) is 33.0 Å². The largest absolute Gasteiger partial charge is 0.458 e. The summed E-state index contributed by atoms with van der Waals surface area (Å²) >= 11 is 0. The van der Waals surface area contributed by atoms with E-state index < -0.39 is 47.9 Å². The molecule has 1 aromatic carbocycles. The van der Waals surface area contributed by atoms with Crippen LogP contribution in [-0.2, 0) is 49.1 Å². The predicted octanol–water partition coefficient (Wildman–Crippen LogP) is -0.534. The van der Waals surface area contributed by atoms with E-state index in [2.05, 4.69) is 21.1 Å². The molecule has 0 saturated heterocycles. The minimum atomic E-state index is -1.96. The third-order valence-corrected chi connectivity index (χ3v) is 8.10. The van der Waals surface area contributed by atoms with Crippen LogP contribution in [0, 0.1) is 4.91 Å². The van der Waals surface area contributed by atoms with Gasteiger partial charge in [0.15, 0.2) is 23.6 Å². The molecule has 3 aliphatic heterocycles. The van der Waals surface area contributed by atoms with Crippen molar-refractivity contribution in [2.24, 2.45) is 5.18 Å². The number of pyridine rings is 2. The number of ether oxygens (including phenoxy) is 3. The lowest BCUT2D eigenvalue weighted by molar-refractivity contribution is -0.172. The fourth-order valence-corrected chi connectivity index (χ4v) is 5.76. The number of hydrogen-bond acceptors (Lipinski definition) is 12. The van der Waals surface area contributed by atoms with Gasteiger partial charge in [0.2, 0.25) is 24.5 Å². The molecule has 2 aromatic heterocycles. The van der Waals surface area contributed by atoms with E-state index in [1.165, 1.54) is 4.57 Å². The molecule has 16 heteroatoms. The summed E-state index contributed by atoms with van der Waals surface area (Å²) in [5.41, 5.74) is 1.08. The lowest BCUT2D eigenvalue weighted by Gasteiger charge is -2.31. The number of benzene rings is 1. The molecule has 5 heterocycles. The zero-order valence-electron chi connectivity index (χ0n) is 24.1. The number of cyclic esters (lactones) is 1. The molecule has 16 nitrogen and oxygen atoms in total. The minimum absolute atomic E-state index is 0.0148. The molecular weight excluding hydrogens is 592 g/mol. The van der Waals surface area contributed by atoms with Gasteiger partial charge in [0.1, 0.15) is 6.61 Å². The first-order valence-electron chi connectivity index (χ1n) is 14.2. The molecule has 0 radical (unpaired) electrons. The standard InChI is InChI=1S/C29H28N6O10/c1-2-29(41)18-6-20-26-16(11-35(20)27(39)17(18)12-43-28(29)40)14(15-5-21-22(45-13-44-21)7-19(15)34-26)3-4-30-23(36)8-31-24(37)9-32-25(38)10-33-42/h5-7,41H,2-4,8-13H2,1H3,(H,30,36)(H,31,37)(H,32,38)/t29-/m0/s1. The van der Waals surface area contributed by atoms with Crippen molar-refractivity contribution < 1.29 is 38.5 Å². The number of nitrogens with zero attached hydrogens (tertiary/aromatic N) is 3. The maximum absolute atomic E-state index is 13.7. The first-order chi connectivity index (χ1) is 21.6. The van der Waals surface area contributed by atoms with Crippen molar-refractivity contribution in [2.45, 2.75) is 38.5 Å². The third-order valence-electron chi connectivity index (χ3n) is 8.10. The summed E-state index contributed by atoms with van der Waals surface area (Å²) in [4.78, 5) is 76.9. The fraction of sp³-hybridized carbons (Fsp3) is 0.379. The van der Waals surface area contributed by atoms with Crippen LogP contribution in [0.1, 0.15) is 35.6 Å². The summed E-state index contributed by atoms with van der Waals surface area (Å²) in [5.74, 6) is -1.59. The molecule has 234 valence electrons. The Labute approximate surface area is 254 Å². The number of rotatable bonds is 10. The summed E-state index contributed by atoms with van der Waals surface area (Å²) in [6, 6.07) is 5.17. The first-order valence-corrected chi connectivity index (χ1v) is 14.2. The highest BCUT2D eigenvalue weighted by Gasteiger charge is 2.45. The molecule has 6 rings (SSSR count). The monoisotopic (exact) mass is 620 g/mol. The van der Waals surface area contributed by atoms with Gasteiger partial charge in [-0.1, -0.05) is 12.1 Å². The van der Waals surface area contributed by atoms with Gasteiger partial charge in [0.25, 0.3) is 5.56 Å². The Morgan fingerprint density at radius 3 is 2.44 bits per heavy atom. The van der Waals surface area contributed by atoms with Gasteiger partial charge in [-0.05, 0) is 30.5 Å². The van der Waals surface area contributed by atoms with Gasteiger partial charge >= 0.3 is 5.97 Å². The Bertz CT molecular complexity index is 1850. The fourth-order valence-electron chi connectivity index (χ4n) is 5.76. The zero-order chi connectivity index (χ0) is 31.9. The Balaban J connectivity index is 1.28. The van der Waals surface area contributed by atoms with Crippen LogP contribution < -0.4 is 31.0 Å². The smallest absolute Gasteiger partial charge is 0.343 e. The number of carbonyl (C=O) groups excluding carboxylic acids is 4. The topological polar surface area (TPSA) is 217 Å². The Kier molecular flexibility index (Phi) is 7.66. The van der Waals surface area contributed by atoms with Crippen LogP contribution in [0.15, 0.2) is 28.2 Å². The van der Waals surface area contributed by atoms with E-state index in [9.17, 15) is 34.0 Å². The molecule has 1 atom stereocenters. The number of aliphatic hydroxyl groups is 1. The van der Waals surface area contributed by atoms with E-state index in [-0.39, 0.29) is 50.6 Å². The van der Waals surface area contributed by atoms with Gasteiger partial charge in [-0.2, -0.15) is 4.91 Å². The molecule has 3 aromatic rings. The lowest BCUT2D eigenvalue weighted by Crippen LogP contribution is -2.44. The molecule has 3 aliphatic rings. The van der Waals surface area contributed by atoms with Crippen LogP contribution in [0.25, 0.3) is 22.3 Å². The summed E-state index contributed by atoms with van der Waals surface area (Å²) in [7, 11) is 0. The number of amides is 3. The van der Waals surface area contributed by atoms with Gasteiger partial charge in [-0.15, -0.1) is 0 Å². The van der Waals surface area contributed by atoms with Crippen molar-refractivity contribution in [1.82, 2.24) is 25.5 Å². The van der Waals surface area contributed by atoms with Crippen molar-refractivity contribution in [3.05, 3.63) is 55.7 Å². The summed E-state index contributed by atoms with van der Waals surface area (Å²) < 4.78 is 17.8. The van der Waals surface area contributed by atoms with Crippen molar-refractivity contribution >= 4 is 34.6 Å². The van der Waals surface area contributed by atoms with Crippen LogP contribution in [0.4, 0.5) is 0 Å². The van der Waals surface area contributed by atoms with Gasteiger partial charge in [-0.25, -0.2) is 9.78 Å². The number of fused-ring (bicyclic) bond motifs is 6. The zero-order valence-corrected chi connectivity index (χ0v) is 24.1. The van der Waals surface area contributed by atoms with Crippen molar-refractivity contribution in [3.8, 4) is 22.9 Å². The average Bonchev–Trinajstić information content (AvgIpc) is 3.64. The molecular formula is C29H28N6O10. The predicted molar refractivity (Wildman–Crippen MR) is 154 cm³/mol. The molecule has 0 saturated carbocycles. The van der Waals surface area contributed by atoms with Crippen molar-refractivity contribution in [3.63, 3.8) is 0 Å². The van der Waals surface area contributed by atoms with E-state index in [1.54, 1.807) is 25.1 Å². The highest BCUT2D eigenvalue weighted by atomic mass is 16.7. The van der Waals surface area contributed by atoms with Crippen LogP contribution >= 0.6 is 0 Å². The number of hydrogen-bond donors (Lipinski definition) is 4. The SMILES string of the molecule is CC[C@@]1(O)C(=O)OCc2c1cc1n(c2=O)Cc2c-1nc1cc3c(cc1c2CCNC(=O)CNC(=O)CNC(=O)CN=O)OCO3. The average molecular weight is 621 g/mol. The number of carbonyl (C=O) groups is 4. The van der Waals surface area contributed by atoms with E-state index in [4.69, 9.17) is 19.2 Å². The maximum atomic E-state index is 13.7. The molecule has 3 amide bonds. The summed E-state index contributed by atoms with van der Waals surface area (Å²) in [5, 5.41) is 21.7. The Morgan fingerprint density at radius 2 is 1.71 bits per heavy atom. The van der Waals surface area contributed by atoms with Gasteiger partial charge in [0, 0.05) is 29.1 Å². The highest BCUT2D eigenvalue weighted by molar-refractivity contribution is 5.92. The number of esters is 1. The van der Waals surface area contributed by atoms with E-state index in [1.807, 2.05) is 0 Å². The Morgan fingerprint density at radius 1 is 1.00 bits per heavy atom. The second kappa shape index (κ2) is 11.6. The second-order valence-corrected chi connectivity index (χ2v) is 10.7.